The van der Waals surface area contributed by atoms with E-state index in [0.29, 0.717) is 16.6 Å². The van der Waals surface area contributed by atoms with Crippen LogP contribution in [0.4, 0.5) is 5.69 Å². The van der Waals surface area contributed by atoms with E-state index < -0.39 is 10.0 Å². The van der Waals surface area contributed by atoms with Gasteiger partial charge in [0.1, 0.15) is 11.8 Å². The number of nitriles is 1. The number of halogens is 1. The van der Waals surface area contributed by atoms with Crippen molar-refractivity contribution in [3.63, 3.8) is 0 Å². The van der Waals surface area contributed by atoms with Crippen molar-refractivity contribution in [3.05, 3.63) is 22.2 Å². The zero-order valence-corrected chi connectivity index (χ0v) is 12.4. The molecule has 1 aromatic rings. The fraction of sp³-hybridized carbons (Fsp3) is 0.364. The molecule has 0 aliphatic heterocycles. The van der Waals surface area contributed by atoms with Crippen LogP contribution in [0, 0.1) is 11.3 Å². The van der Waals surface area contributed by atoms with Gasteiger partial charge in [0.15, 0.2) is 0 Å². The quantitative estimate of drug-likeness (QED) is 0.898. The molecule has 7 heteroatoms. The van der Waals surface area contributed by atoms with Crippen molar-refractivity contribution in [2.24, 2.45) is 0 Å². The minimum atomic E-state index is -3.43. The first-order valence-electron chi connectivity index (χ1n) is 5.21. The molecule has 0 amide bonds. The van der Waals surface area contributed by atoms with Crippen LogP contribution in [0.2, 0.25) is 0 Å². The number of methoxy groups -OCH3 is 1. The van der Waals surface area contributed by atoms with Gasteiger partial charge in [-0.05, 0) is 28.4 Å². The molecular weight excluding hydrogens is 320 g/mol. The van der Waals surface area contributed by atoms with Gasteiger partial charge in [0, 0.05) is 6.07 Å². The Kier molecular flexibility index (Phi) is 4.99. The second kappa shape index (κ2) is 6.07. The Bertz CT molecular complexity index is 579. The van der Waals surface area contributed by atoms with E-state index in [4.69, 9.17) is 10.00 Å². The molecule has 0 aliphatic rings. The van der Waals surface area contributed by atoms with Crippen LogP contribution >= 0.6 is 15.9 Å². The molecule has 0 saturated carbocycles. The number of ether oxygens (including phenoxy) is 1. The maximum atomic E-state index is 11.7. The Morgan fingerprint density at radius 2 is 2.17 bits per heavy atom. The predicted octanol–water partition coefficient (Wildman–Crippen LogP) is 2.48. The van der Waals surface area contributed by atoms with Crippen LogP contribution in [-0.2, 0) is 10.0 Å². The van der Waals surface area contributed by atoms with Crippen molar-refractivity contribution in [2.45, 2.75) is 13.3 Å². The molecule has 0 radical (unpaired) electrons. The molecule has 1 N–H and O–H groups in total. The minimum absolute atomic E-state index is 0.0102. The predicted molar refractivity (Wildman–Crippen MR) is 73.1 cm³/mol. The standard InChI is InChI=1S/C11H13BrN2O3S/c1-3-4-18(15,16)14-10-6-11(17-2)9(12)5-8(10)7-13/h5-6,14H,3-4H2,1-2H3. The van der Waals surface area contributed by atoms with Gasteiger partial charge in [0.2, 0.25) is 10.0 Å². The zero-order valence-electron chi connectivity index (χ0n) is 10.0. The Balaban J connectivity index is 3.20. The Morgan fingerprint density at radius 3 is 2.67 bits per heavy atom. The van der Waals surface area contributed by atoms with Gasteiger partial charge in [0.05, 0.1) is 28.6 Å². The van der Waals surface area contributed by atoms with Crippen LogP contribution in [-0.4, -0.2) is 21.3 Å². The molecule has 5 nitrogen and oxygen atoms in total. The molecule has 0 unspecified atom stereocenters. The number of anilines is 1. The average Bonchev–Trinajstić information content (AvgIpc) is 2.30. The second-order valence-corrected chi connectivity index (χ2v) is 6.26. The highest BCUT2D eigenvalue weighted by atomic mass is 79.9. The van der Waals surface area contributed by atoms with E-state index in [2.05, 4.69) is 20.7 Å². The van der Waals surface area contributed by atoms with Crippen LogP contribution in [0.3, 0.4) is 0 Å². The molecular formula is C11H13BrN2O3S. The highest BCUT2D eigenvalue weighted by molar-refractivity contribution is 9.10. The van der Waals surface area contributed by atoms with Gasteiger partial charge in [-0.25, -0.2) is 8.42 Å². The molecule has 1 aromatic carbocycles. The normalized spacial score (nSPS) is 10.8. The number of nitrogens with zero attached hydrogens (tertiary/aromatic N) is 1. The number of rotatable bonds is 5. The number of benzene rings is 1. The molecule has 98 valence electrons. The van der Waals surface area contributed by atoms with Crippen LogP contribution in [0.5, 0.6) is 5.75 Å². The molecule has 1 rings (SSSR count). The summed E-state index contributed by atoms with van der Waals surface area (Å²) in [6, 6.07) is 4.94. The molecule has 0 saturated heterocycles. The van der Waals surface area contributed by atoms with Crippen LogP contribution in [0.15, 0.2) is 16.6 Å². The fourth-order valence-electron chi connectivity index (χ4n) is 1.37. The molecule has 0 bridgehead atoms. The van der Waals surface area contributed by atoms with Crippen molar-refractivity contribution in [1.82, 2.24) is 0 Å². The molecule has 0 aliphatic carbocycles. The summed E-state index contributed by atoms with van der Waals surface area (Å²) in [4.78, 5) is 0. The first kappa shape index (κ1) is 14.8. The van der Waals surface area contributed by atoms with Crippen LogP contribution in [0.25, 0.3) is 0 Å². The lowest BCUT2D eigenvalue weighted by Crippen LogP contribution is -2.17. The number of sulfonamides is 1. The van der Waals surface area contributed by atoms with Crippen LogP contribution in [0.1, 0.15) is 18.9 Å². The van der Waals surface area contributed by atoms with E-state index in [0.717, 1.165) is 0 Å². The first-order chi connectivity index (χ1) is 8.43. The monoisotopic (exact) mass is 332 g/mol. The molecule has 0 aromatic heterocycles. The summed E-state index contributed by atoms with van der Waals surface area (Å²) in [5.41, 5.74) is 0.466. The second-order valence-electron chi connectivity index (χ2n) is 3.57. The number of hydrogen-bond acceptors (Lipinski definition) is 4. The average molecular weight is 333 g/mol. The lowest BCUT2D eigenvalue weighted by molar-refractivity contribution is 0.412. The van der Waals surface area contributed by atoms with Gasteiger partial charge >= 0.3 is 0 Å². The zero-order chi connectivity index (χ0) is 13.8. The maximum absolute atomic E-state index is 11.7. The maximum Gasteiger partial charge on any atom is 0.232 e. The summed E-state index contributed by atoms with van der Waals surface area (Å²) in [5.74, 6) is 0.471. The lowest BCUT2D eigenvalue weighted by atomic mass is 10.2. The Hall–Kier alpha value is -1.26. The van der Waals surface area contributed by atoms with Crippen molar-refractivity contribution < 1.29 is 13.2 Å². The summed E-state index contributed by atoms with van der Waals surface area (Å²) in [7, 11) is -1.96. The van der Waals surface area contributed by atoms with E-state index in [1.54, 1.807) is 6.92 Å². The van der Waals surface area contributed by atoms with Crippen molar-refractivity contribution in [1.29, 1.82) is 5.26 Å². The van der Waals surface area contributed by atoms with E-state index in [-0.39, 0.29) is 17.0 Å². The van der Waals surface area contributed by atoms with Crippen molar-refractivity contribution in [2.75, 3.05) is 17.6 Å². The number of nitrogens with one attached hydrogen (secondary N) is 1. The Labute approximate surface area is 115 Å². The highest BCUT2D eigenvalue weighted by Crippen LogP contribution is 2.31. The molecule has 0 atom stereocenters. The van der Waals surface area contributed by atoms with E-state index >= 15 is 0 Å². The summed E-state index contributed by atoms with van der Waals surface area (Å²) in [5, 5.41) is 8.99. The van der Waals surface area contributed by atoms with E-state index in [9.17, 15) is 8.42 Å². The number of hydrogen-bond donors (Lipinski definition) is 1. The third kappa shape index (κ3) is 3.62. The van der Waals surface area contributed by atoms with Gasteiger partial charge in [-0.3, -0.25) is 4.72 Å². The van der Waals surface area contributed by atoms with Gasteiger partial charge in [-0.1, -0.05) is 6.92 Å². The van der Waals surface area contributed by atoms with Crippen LogP contribution < -0.4 is 9.46 Å². The minimum Gasteiger partial charge on any atom is -0.495 e. The van der Waals surface area contributed by atoms with E-state index in [1.807, 2.05) is 6.07 Å². The summed E-state index contributed by atoms with van der Waals surface area (Å²) < 4.78 is 31.4. The topological polar surface area (TPSA) is 79.2 Å². The van der Waals surface area contributed by atoms with Gasteiger partial charge in [-0.2, -0.15) is 5.26 Å². The highest BCUT2D eigenvalue weighted by Gasteiger charge is 2.14. The van der Waals surface area contributed by atoms with E-state index in [1.165, 1.54) is 19.2 Å². The summed E-state index contributed by atoms with van der Waals surface area (Å²) >= 11 is 3.24. The van der Waals surface area contributed by atoms with Crippen molar-refractivity contribution in [3.8, 4) is 11.8 Å². The summed E-state index contributed by atoms with van der Waals surface area (Å²) in [6.45, 7) is 1.77. The van der Waals surface area contributed by atoms with Crippen molar-refractivity contribution >= 4 is 31.6 Å². The largest absolute Gasteiger partial charge is 0.495 e. The van der Waals surface area contributed by atoms with Gasteiger partial charge in [-0.15, -0.1) is 0 Å². The first-order valence-corrected chi connectivity index (χ1v) is 7.66. The SMILES string of the molecule is CCCS(=O)(=O)Nc1cc(OC)c(Br)cc1C#N. The molecule has 0 fully saturated rings. The molecule has 0 heterocycles. The van der Waals surface area contributed by atoms with Gasteiger partial charge < -0.3 is 4.74 Å². The summed E-state index contributed by atoms with van der Waals surface area (Å²) in [6.07, 6.45) is 0.505. The smallest absolute Gasteiger partial charge is 0.232 e. The third-order valence-corrected chi connectivity index (χ3v) is 4.25. The lowest BCUT2D eigenvalue weighted by Gasteiger charge is -2.11. The van der Waals surface area contributed by atoms with Gasteiger partial charge in [0.25, 0.3) is 0 Å². The molecule has 18 heavy (non-hydrogen) atoms. The molecule has 0 spiro atoms. The fourth-order valence-corrected chi connectivity index (χ4v) is 3.02. The third-order valence-electron chi connectivity index (χ3n) is 2.15. The Morgan fingerprint density at radius 1 is 1.50 bits per heavy atom.